The van der Waals surface area contributed by atoms with Crippen molar-refractivity contribution < 1.29 is 9.53 Å². The van der Waals surface area contributed by atoms with Gasteiger partial charge >= 0.3 is 0 Å². The van der Waals surface area contributed by atoms with Crippen molar-refractivity contribution in [3.8, 4) is 11.6 Å². The molecule has 7 heteroatoms. The topological polar surface area (TPSA) is 74.0 Å². The highest BCUT2D eigenvalue weighted by Gasteiger charge is 2.13. The van der Waals surface area contributed by atoms with E-state index in [4.69, 9.17) is 4.74 Å². The number of aromatic nitrogens is 4. The highest BCUT2D eigenvalue weighted by atomic mass is 16.5. The summed E-state index contributed by atoms with van der Waals surface area (Å²) < 4.78 is 8.90. The number of methoxy groups -OCH3 is 1. The summed E-state index contributed by atoms with van der Waals surface area (Å²) in [5, 5.41) is 8.32. The number of fused-ring (bicyclic) bond motifs is 1. The van der Waals surface area contributed by atoms with Gasteiger partial charge in [-0.25, -0.2) is 4.98 Å². The molecule has 0 aliphatic rings. The highest BCUT2D eigenvalue weighted by molar-refractivity contribution is 5.92. The summed E-state index contributed by atoms with van der Waals surface area (Å²) in [7, 11) is 1.64. The van der Waals surface area contributed by atoms with Crippen molar-refractivity contribution in [3.05, 3.63) is 66.6 Å². The fourth-order valence-electron chi connectivity index (χ4n) is 3.09. The fraction of sp³-hybridized carbons (Fsp3) is 0.150. The molecule has 3 heterocycles. The van der Waals surface area contributed by atoms with Crippen LogP contribution in [0.3, 0.4) is 0 Å². The van der Waals surface area contributed by atoms with Crippen molar-refractivity contribution in [3.63, 3.8) is 0 Å². The first-order chi connectivity index (χ1) is 13.2. The smallest absolute Gasteiger partial charge is 0.245 e. The van der Waals surface area contributed by atoms with Gasteiger partial charge in [0.15, 0.2) is 5.82 Å². The molecule has 0 saturated carbocycles. The quantitative estimate of drug-likeness (QED) is 0.592. The minimum absolute atomic E-state index is 0.146. The number of rotatable bonds is 5. The number of amides is 1. The molecule has 0 spiro atoms. The van der Waals surface area contributed by atoms with Crippen LogP contribution in [0.4, 0.5) is 5.82 Å². The van der Waals surface area contributed by atoms with Gasteiger partial charge in [0.05, 0.1) is 18.3 Å². The van der Waals surface area contributed by atoms with Crippen molar-refractivity contribution in [2.45, 2.75) is 13.5 Å². The van der Waals surface area contributed by atoms with Crippen LogP contribution >= 0.6 is 0 Å². The van der Waals surface area contributed by atoms with Crippen LogP contribution in [-0.2, 0) is 11.3 Å². The number of benzene rings is 1. The number of hydrogen-bond donors (Lipinski definition) is 1. The van der Waals surface area contributed by atoms with E-state index in [1.54, 1.807) is 18.0 Å². The number of ether oxygens (including phenoxy) is 1. The SMILES string of the molecule is COc1cccc2c1ccn2CC(=O)Nc1cc(C)nn1-c1ccccn1. The second-order valence-electron chi connectivity index (χ2n) is 6.16. The van der Waals surface area contributed by atoms with E-state index >= 15 is 0 Å². The third kappa shape index (κ3) is 3.27. The van der Waals surface area contributed by atoms with Crippen molar-refractivity contribution in [2.24, 2.45) is 0 Å². The molecule has 27 heavy (non-hydrogen) atoms. The predicted molar refractivity (Wildman–Crippen MR) is 103 cm³/mol. The van der Waals surface area contributed by atoms with Crippen LogP contribution in [0.2, 0.25) is 0 Å². The predicted octanol–water partition coefficient (Wildman–Crippen LogP) is 3.18. The molecule has 0 aliphatic carbocycles. The third-order valence-electron chi connectivity index (χ3n) is 4.27. The minimum Gasteiger partial charge on any atom is -0.496 e. The van der Waals surface area contributed by atoms with Crippen molar-refractivity contribution in [1.29, 1.82) is 0 Å². The zero-order chi connectivity index (χ0) is 18.8. The molecule has 0 saturated heterocycles. The molecular weight excluding hydrogens is 342 g/mol. The van der Waals surface area contributed by atoms with Crippen LogP contribution in [0.15, 0.2) is 60.9 Å². The first kappa shape index (κ1) is 16.8. The molecule has 1 amide bonds. The van der Waals surface area contributed by atoms with Crippen LogP contribution in [0.1, 0.15) is 5.69 Å². The van der Waals surface area contributed by atoms with Gasteiger partial charge in [-0.05, 0) is 37.3 Å². The first-order valence-electron chi connectivity index (χ1n) is 8.55. The Balaban J connectivity index is 1.58. The summed E-state index contributed by atoms with van der Waals surface area (Å²) in [5.74, 6) is 1.88. The van der Waals surface area contributed by atoms with Gasteiger partial charge in [-0.3, -0.25) is 4.79 Å². The van der Waals surface area contributed by atoms with Gasteiger partial charge in [0.2, 0.25) is 5.91 Å². The van der Waals surface area contributed by atoms with E-state index in [2.05, 4.69) is 15.4 Å². The van der Waals surface area contributed by atoms with Crippen molar-refractivity contribution >= 4 is 22.6 Å². The second-order valence-corrected chi connectivity index (χ2v) is 6.16. The van der Waals surface area contributed by atoms with Gasteiger partial charge in [0, 0.05) is 23.8 Å². The highest BCUT2D eigenvalue weighted by Crippen LogP contribution is 2.26. The zero-order valence-electron chi connectivity index (χ0n) is 15.1. The number of aryl methyl sites for hydroxylation is 1. The number of nitrogens with one attached hydrogen (secondary N) is 1. The second kappa shape index (κ2) is 6.95. The molecule has 0 radical (unpaired) electrons. The van der Waals surface area contributed by atoms with Crippen LogP contribution in [-0.4, -0.2) is 32.3 Å². The number of carbonyl (C=O) groups is 1. The number of carbonyl (C=O) groups excluding carboxylic acids is 1. The summed E-state index contributed by atoms with van der Waals surface area (Å²) in [6, 6.07) is 15.1. The normalized spacial score (nSPS) is 10.9. The molecule has 7 nitrogen and oxygen atoms in total. The molecule has 1 N–H and O–H groups in total. The van der Waals surface area contributed by atoms with E-state index < -0.39 is 0 Å². The Morgan fingerprint density at radius 1 is 1.19 bits per heavy atom. The summed E-state index contributed by atoms with van der Waals surface area (Å²) in [6.07, 6.45) is 3.57. The fourth-order valence-corrected chi connectivity index (χ4v) is 3.09. The van der Waals surface area contributed by atoms with E-state index in [0.717, 1.165) is 22.3 Å². The molecule has 136 valence electrons. The van der Waals surface area contributed by atoms with Crippen molar-refractivity contribution in [2.75, 3.05) is 12.4 Å². The Morgan fingerprint density at radius 2 is 2.07 bits per heavy atom. The Labute approximate surface area is 156 Å². The van der Waals surface area contributed by atoms with E-state index in [1.807, 2.05) is 66.2 Å². The third-order valence-corrected chi connectivity index (χ3v) is 4.27. The van der Waals surface area contributed by atoms with Gasteiger partial charge < -0.3 is 14.6 Å². The monoisotopic (exact) mass is 361 g/mol. The van der Waals surface area contributed by atoms with Gasteiger partial charge in [0.25, 0.3) is 0 Å². The maximum atomic E-state index is 12.6. The lowest BCUT2D eigenvalue weighted by Crippen LogP contribution is -2.20. The van der Waals surface area contributed by atoms with E-state index in [-0.39, 0.29) is 12.5 Å². The largest absolute Gasteiger partial charge is 0.496 e. The summed E-state index contributed by atoms with van der Waals surface area (Å²) >= 11 is 0. The molecule has 0 atom stereocenters. The Hall–Kier alpha value is -3.61. The molecule has 1 aromatic carbocycles. The van der Waals surface area contributed by atoms with E-state index in [0.29, 0.717) is 11.6 Å². The van der Waals surface area contributed by atoms with Gasteiger partial charge in [-0.1, -0.05) is 12.1 Å². The van der Waals surface area contributed by atoms with Crippen LogP contribution in [0, 0.1) is 6.92 Å². The Bertz CT molecular complexity index is 1100. The van der Waals surface area contributed by atoms with Crippen molar-refractivity contribution in [1.82, 2.24) is 19.3 Å². The Kier molecular flexibility index (Phi) is 4.33. The molecule has 4 rings (SSSR count). The van der Waals surface area contributed by atoms with Crippen LogP contribution < -0.4 is 10.1 Å². The minimum atomic E-state index is -0.146. The average molecular weight is 361 g/mol. The Morgan fingerprint density at radius 3 is 2.85 bits per heavy atom. The average Bonchev–Trinajstić information content (AvgIpc) is 3.25. The number of anilines is 1. The molecule has 0 fully saturated rings. The lowest BCUT2D eigenvalue weighted by atomic mass is 10.2. The van der Waals surface area contributed by atoms with E-state index in [9.17, 15) is 4.79 Å². The lowest BCUT2D eigenvalue weighted by Gasteiger charge is -2.10. The summed E-state index contributed by atoms with van der Waals surface area (Å²) in [4.78, 5) is 16.9. The maximum absolute atomic E-state index is 12.6. The van der Waals surface area contributed by atoms with Gasteiger partial charge in [-0.2, -0.15) is 9.78 Å². The summed E-state index contributed by atoms with van der Waals surface area (Å²) in [6.45, 7) is 2.06. The van der Waals surface area contributed by atoms with E-state index in [1.165, 1.54) is 0 Å². The molecule has 0 unspecified atom stereocenters. The number of hydrogen-bond acceptors (Lipinski definition) is 4. The molecule has 3 aromatic heterocycles. The standard InChI is InChI=1S/C20H19N5O2/c1-14-12-19(25(23-14)18-8-3-4-10-21-18)22-20(26)13-24-11-9-15-16(24)6-5-7-17(15)27-2/h3-12H,13H2,1-2H3,(H,22,26). The zero-order valence-corrected chi connectivity index (χ0v) is 15.1. The van der Waals surface area contributed by atoms with Crippen LogP contribution in [0.5, 0.6) is 5.75 Å². The van der Waals surface area contributed by atoms with Crippen LogP contribution in [0.25, 0.3) is 16.7 Å². The van der Waals surface area contributed by atoms with Gasteiger partial charge in [-0.15, -0.1) is 0 Å². The molecule has 0 bridgehead atoms. The maximum Gasteiger partial charge on any atom is 0.245 e. The number of pyridine rings is 1. The summed E-state index contributed by atoms with van der Waals surface area (Å²) in [5.41, 5.74) is 1.74. The first-order valence-corrected chi connectivity index (χ1v) is 8.55. The molecule has 0 aliphatic heterocycles. The molecule has 4 aromatic rings. The molecular formula is C20H19N5O2. The van der Waals surface area contributed by atoms with Gasteiger partial charge in [0.1, 0.15) is 18.1 Å². The number of nitrogens with zero attached hydrogens (tertiary/aromatic N) is 4. The lowest BCUT2D eigenvalue weighted by molar-refractivity contribution is -0.116.